The van der Waals surface area contributed by atoms with E-state index in [2.05, 4.69) is 10.00 Å². The second-order valence-electron chi connectivity index (χ2n) is 12.5. The summed E-state index contributed by atoms with van der Waals surface area (Å²) in [5.41, 5.74) is 1.45. The van der Waals surface area contributed by atoms with Crippen LogP contribution >= 0.6 is 11.6 Å². The summed E-state index contributed by atoms with van der Waals surface area (Å²) in [5, 5.41) is 4.54. The van der Waals surface area contributed by atoms with Crippen molar-refractivity contribution < 1.29 is 32.2 Å². The Morgan fingerprint density at radius 2 is 1.67 bits per heavy atom. The third-order valence-electron chi connectivity index (χ3n) is 8.08. The van der Waals surface area contributed by atoms with Crippen molar-refractivity contribution in [3.8, 4) is 11.1 Å². The molecule has 1 aromatic heterocycles. The maximum Gasteiger partial charge on any atom is 0.433 e. The number of rotatable bonds is 6. The lowest BCUT2D eigenvalue weighted by Crippen LogP contribution is -2.50. The Morgan fingerprint density at radius 1 is 0.978 bits per heavy atom. The van der Waals surface area contributed by atoms with Crippen LogP contribution in [-0.4, -0.2) is 78.2 Å². The van der Waals surface area contributed by atoms with E-state index < -0.39 is 35.0 Å². The Balaban J connectivity index is 1.34. The number of aromatic nitrogens is 2. The number of carbonyl (C=O) groups is 2. The van der Waals surface area contributed by atoms with E-state index >= 15 is 0 Å². The molecule has 0 bridgehead atoms. The third kappa shape index (κ3) is 7.54. The molecule has 2 aromatic carbocycles. The van der Waals surface area contributed by atoms with Gasteiger partial charge in [-0.3, -0.25) is 4.68 Å². The molecule has 2 fully saturated rings. The summed E-state index contributed by atoms with van der Waals surface area (Å²) < 4.78 is 53.9. The maximum absolute atomic E-state index is 14.2. The Labute approximate surface area is 271 Å². The predicted molar refractivity (Wildman–Crippen MR) is 171 cm³/mol. The number of hydrogen-bond donors (Lipinski definition) is 0. The van der Waals surface area contributed by atoms with Crippen LogP contribution in [0.15, 0.2) is 48.7 Å². The van der Waals surface area contributed by atoms with E-state index in [1.807, 2.05) is 62.1 Å². The Kier molecular flexibility index (Phi) is 9.76. The fourth-order valence-electron chi connectivity index (χ4n) is 5.99. The van der Waals surface area contributed by atoms with E-state index in [1.54, 1.807) is 17.9 Å². The van der Waals surface area contributed by atoms with Gasteiger partial charge in [0, 0.05) is 61.2 Å². The number of nitrogens with zero attached hydrogens (tertiary/aromatic N) is 5. The number of anilines is 2. The fourth-order valence-corrected chi connectivity index (χ4v) is 6.16. The first-order valence-electron chi connectivity index (χ1n) is 15.4. The van der Waals surface area contributed by atoms with Gasteiger partial charge in [0.05, 0.1) is 18.8 Å². The molecule has 1 atom stereocenters. The Bertz CT molecular complexity index is 1550. The molecule has 13 heteroatoms. The predicted octanol–water partition coefficient (Wildman–Crippen LogP) is 7.30. The van der Waals surface area contributed by atoms with Crippen LogP contribution in [-0.2, 0) is 15.7 Å². The standard InChI is InChI=1S/C33H39ClF3N5O4/c1-5-45-30(43)27-20-38-42(29(27)33(35,36)37)25-7-6-14-41(21-25)28-19-23(34)10-13-26(28)22-8-11-24(12-9-22)39-15-17-40(18-16-39)31(44)46-32(2,3)4/h8-13,19-20,25H,5-7,14-18,21H2,1-4H3. The van der Waals surface area contributed by atoms with Crippen LogP contribution in [0.3, 0.4) is 0 Å². The van der Waals surface area contributed by atoms with Crippen LogP contribution in [0.2, 0.25) is 5.02 Å². The number of amides is 1. The van der Waals surface area contributed by atoms with Crippen molar-refractivity contribution in [2.75, 3.05) is 55.7 Å². The van der Waals surface area contributed by atoms with Gasteiger partial charge in [-0.05, 0) is 70.4 Å². The van der Waals surface area contributed by atoms with Gasteiger partial charge in [0.2, 0.25) is 0 Å². The van der Waals surface area contributed by atoms with Crippen LogP contribution in [0, 0.1) is 0 Å². The average molecular weight is 662 g/mol. The van der Waals surface area contributed by atoms with Crippen molar-refractivity contribution in [1.82, 2.24) is 14.7 Å². The highest BCUT2D eigenvalue weighted by Crippen LogP contribution is 2.39. The van der Waals surface area contributed by atoms with Crippen molar-refractivity contribution in [3.63, 3.8) is 0 Å². The van der Waals surface area contributed by atoms with E-state index in [4.69, 9.17) is 21.1 Å². The van der Waals surface area contributed by atoms with Crippen LogP contribution in [0.1, 0.15) is 62.6 Å². The molecule has 9 nitrogen and oxygen atoms in total. The molecule has 1 amide bonds. The Hall–Kier alpha value is -3.93. The van der Waals surface area contributed by atoms with Gasteiger partial charge in [-0.15, -0.1) is 0 Å². The minimum atomic E-state index is -4.79. The van der Waals surface area contributed by atoms with E-state index in [-0.39, 0.29) is 19.2 Å². The van der Waals surface area contributed by atoms with Crippen molar-refractivity contribution in [1.29, 1.82) is 0 Å². The molecule has 0 aliphatic carbocycles. The van der Waals surface area contributed by atoms with Crippen molar-refractivity contribution in [2.24, 2.45) is 0 Å². The van der Waals surface area contributed by atoms with Gasteiger partial charge < -0.3 is 24.2 Å². The Morgan fingerprint density at radius 3 is 2.30 bits per heavy atom. The van der Waals surface area contributed by atoms with Crippen molar-refractivity contribution >= 4 is 35.0 Å². The van der Waals surface area contributed by atoms with Crippen LogP contribution < -0.4 is 9.80 Å². The van der Waals surface area contributed by atoms with Gasteiger partial charge in [0.25, 0.3) is 0 Å². The van der Waals surface area contributed by atoms with Crippen LogP contribution in [0.4, 0.5) is 29.3 Å². The van der Waals surface area contributed by atoms with Gasteiger partial charge in [-0.1, -0.05) is 29.8 Å². The second kappa shape index (κ2) is 13.4. The van der Waals surface area contributed by atoms with E-state index in [0.29, 0.717) is 50.6 Å². The van der Waals surface area contributed by atoms with Gasteiger partial charge in [0.1, 0.15) is 11.2 Å². The summed E-state index contributed by atoms with van der Waals surface area (Å²) in [6.07, 6.45) is -3.05. The number of piperidine rings is 1. The summed E-state index contributed by atoms with van der Waals surface area (Å²) in [7, 11) is 0. The lowest BCUT2D eigenvalue weighted by molar-refractivity contribution is -0.145. The summed E-state index contributed by atoms with van der Waals surface area (Å²) >= 11 is 6.44. The molecule has 3 heterocycles. The monoisotopic (exact) mass is 661 g/mol. The minimum Gasteiger partial charge on any atom is -0.462 e. The molecule has 3 aromatic rings. The van der Waals surface area contributed by atoms with E-state index in [0.717, 1.165) is 33.4 Å². The highest BCUT2D eigenvalue weighted by atomic mass is 35.5. The highest BCUT2D eigenvalue weighted by Gasteiger charge is 2.42. The first kappa shape index (κ1) is 33.4. The summed E-state index contributed by atoms with van der Waals surface area (Å²) in [6.45, 7) is 10.4. The van der Waals surface area contributed by atoms with Gasteiger partial charge >= 0.3 is 18.2 Å². The topological polar surface area (TPSA) is 80.1 Å². The molecule has 2 aliphatic heterocycles. The number of hydrogen-bond acceptors (Lipinski definition) is 7. The van der Waals surface area contributed by atoms with Gasteiger partial charge in [0.15, 0.2) is 5.69 Å². The number of esters is 1. The van der Waals surface area contributed by atoms with Crippen LogP contribution in [0.25, 0.3) is 11.1 Å². The zero-order valence-electron chi connectivity index (χ0n) is 26.4. The average Bonchev–Trinajstić information content (AvgIpc) is 3.47. The third-order valence-corrected chi connectivity index (χ3v) is 8.31. The van der Waals surface area contributed by atoms with E-state index in [1.165, 1.54) is 0 Å². The first-order chi connectivity index (χ1) is 21.7. The highest BCUT2D eigenvalue weighted by molar-refractivity contribution is 6.31. The zero-order valence-corrected chi connectivity index (χ0v) is 27.2. The summed E-state index contributed by atoms with van der Waals surface area (Å²) in [5.74, 6) is -1.04. The number of ether oxygens (including phenoxy) is 2. The molecule has 0 saturated carbocycles. The lowest BCUT2D eigenvalue weighted by atomic mass is 9.99. The smallest absolute Gasteiger partial charge is 0.433 e. The quantitative estimate of drug-likeness (QED) is 0.257. The van der Waals surface area contributed by atoms with E-state index in [9.17, 15) is 22.8 Å². The molecule has 2 aliphatic rings. The van der Waals surface area contributed by atoms with Crippen LogP contribution in [0.5, 0.6) is 0 Å². The molecule has 0 N–H and O–H groups in total. The van der Waals surface area contributed by atoms with Gasteiger partial charge in [-0.2, -0.15) is 18.3 Å². The largest absolute Gasteiger partial charge is 0.462 e. The lowest BCUT2D eigenvalue weighted by Gasteiger charge is -2.37. The minimum absolute atomic E-state index is 0.0399. The molecule has 46 heavy (non-hydrogen) atoms. The molecular weight excluding hydrogens is 623 g/mol. The molecule has 0 radical (unpaired) electrons. The number of halogens is 4. The van der Waals surface area contributed by atoms with Crippen molar-refractivity contribution in [3.05, 3.63) is 64.9 Å². The first-order valence-corrected chi connectivity index (χ1v) is 15.8. The summed E-state index contributed by atoms with van der Waals surface area (Å²) in [6, 6.07) is 13.0. The molecule has 1 unspecified atom stereocenters. The maximum atomic E-state index is 14.2. The fraction of sp³-hybridized carbons (Fsp3) is 0.485. The molecule has 5 rings (SSSR count). The number of piperazine rings is 1. The number of alkyl halides is 3. The SMILES string of the molecule is CCOC(=O)c1cnn(C2CCCN(c3cc(Cl)ccc3-c3ccc(N4CCN(C(=O)OC(C)(C)C)CC4)cc3)C2)c1C(F)(F)F. The zero-order chi connectivity index (χ0) is 33.2. The molecule has 0 spiro atoms. The normalized spacial score (nSPS) is 17.7. The summed E-state index contributed by atoms with van der Waals surface area (Å²) in [4.78, 5) is 30.8. The molecule has 248 valence electrons. The van der Waals surface area contributed by atoms with Crippen molar-refractivity contribution in [2.45, 2.75) is 58.4 Å². The number of carbonyl (C=O) groups excluding carboxylic acids is 2. The molecule has 2 saturated heterocycles. The second-order valence-corrected chi connectivity index (χ2v) is 12.9. The number of benzene rings is 2. The van der Waals surface area contributed by atoms with Gasteiger partial charge in [-0.25, -0.2) is 9.59 Å². The molecular formula is C33H39ClF3N5O4.